The number of aromatic amines is 1. The zero-order valence-corrected chi connectivity index (χ0v) is 19.8. The number of piperazine rings is 1. The summed E-state index contributed by atoms with van der Waals surface area (Å²) in [5, 5.41) is 1.12. The summed E-state index contributed by atoms with van der Waals surface area (Å²) in [5.74, 6) is 0.358. The summed E-state index contributed by atoms with van der Waals surface area (Å²) in [6.07, 6.45) is 7.37. The maximum Gasteiger partial charge on any atom is 0.227 e. The van der Waals surface area contributed by atoms with Crippen molar-refractivity contribution in [1.82, 2.24) is 19.4 Å². The van der Waals surface area contributed by atoms with Crippen molar-refractivity contribution in [2.24, 2.45) is 0 Å². The summed E-state index contributed by atoms with van der Waals surface area (Å²) in [6, 6.07) is 10.7. The van der Waals surface area contributed by atoms with Crippen LogP contribution in [0, 0.1) is 13.8 Å². The lowest BCUT2D eigenvalue weighted by Gasteiger charge is -2.34. The summed E-state index contributed by atoms with van der Waals surface area (Å²) >= 11 is 0. The molecule has 33 heavy (non-hydrogen) atoms. The number of Topliss-reactive ketones (excluding diaryl/α,β-unsaturated/α-hetero) is 1. The van der Waals surface area contributed by atoms with Gasteiger partial charge in [0.25, 0.3) is 0 Å². The Bertz CT molecular complexity index is 1160. The zero-order valence-electron chi connectivity index (χ0n) is 19.8. The van der Waals surface area contributed by atoms with Gasteiger partial charge in [-0.2, -0.15) is 0 Å². The highest BCUT2D eigenvalue weighted by atomic mass is 16.2. The quantitative estimate of drug-likeness (QED) is 0.575. The van der Waals surface area contributed by atoms with E-state index in [2.05, 4.69) is 40.4 Å². The van der Waals surface area contributed by atoms with E-state index in [0.717, 1.165) is 40.8 Å². The number of hydrogen-bond donors (Lipinski definition) is 1. The van der Waals surface area contributed by atoms with Crippen LogP contribution in [-0.2, 0) is 11.2 Å². The molecule has 174 valence electrons. The molecule has 1 saturated heterocycles. The molecule has 0 radical (unpaired) electrons. The number of fused-ring (bicyclic) bond motifs is 1. The number of para-hydroxylation sites is 1. The van der Waals surface area contributed by atoms with Crippen molar-refractivity contribution < 1.29 is 9.59 Å². The molecule has 1 saturated carbocycles. The van der Waals surface area contributed by atoms with Gasteiger partial charge in [-0.3, -0.25) is 14.5 Å². The second kappa shape index (κ2) is 9.18. The van der Waals surface area contributed by atoms with Gasteiger partial charge in [-0.25, -0.2) is 0 Å². The van der Waals surface area contributed by atoms with Gasteiger partial charge < -0.3 is 14.5 Å². The number of hydrogen-bond acceptors (Lipinski definition) is 3. The fourth-order valence-electron chi connectivity index (χ4n) is 5.78. The monoisotopic (exact) mass is 446 g/mol. The average Bonchev–Trinajstić information content (AvgIpc) is 3.54. The van der Waals surface area contributed by atoms with E-state index in [1.54, 1.807) is 0 Å². The molecule has 2 aliphatic rings. The van der Waals surface area contributed by atoms with E-state index >= 15 is 0 Å². The lowest BCUT2D eigenvalue weighted by atomic mass is 10.1. The summed E-state index contributed by atoms with van der Waals surface area (Å²) in [5.41, 5.74) is 5.31. The van der Waals surface area contributed by atoms with Gasteiger partial charge >= 0.3 is 0 Å². The van der Waals surface area contributed by atoms with Crippen molar-refractivity contribution >= 4 is 22.6 Å². The number of aromatic nitrogens is 2. The third-order valence-corrected chi connectivity index (χ3v) is 7.58. The Balaban J connectivity index is 1.17. The Morgan fingerprint density at radius 3 is 2.52 bits per heavy atom. The Kier molecular flexibility index (Phi) is 6.11. The fraction of sp³-hybridized carbons (Fsp3) is 0.481. The van der Waals surface area contributed by atoms with Gasteiger partial charge in [0.2, 0.25) is 5.91 Å². The SMILES string of the molecule is Cc1cc(C(=O)CN2CCN(C(=O)Cc3c[nH]c4ccccc34)CC2)c(C)n1C1CCCC1. The van der Waals surface area contributed by atoms with Crippen molar-refractivity contribution in [3.05, 3.63) is 59.0 Å². The molecule has 5 rings (SSSR count). The number of ketones is 1. The van der Waals surface area contributed by atoms with Crippen LogP contribution in [0.3, 0.4) is 0 Å². The first-order chi connectivity index (χ1) is 16.0. The summed E-state index contributed by atoms with van der Waals surface area (Å²) < 4.78 is 2.39. The third kappa shape index (κ3) is 4.36. The van der Waals surface area contributed by atoms with Gasteiger partial charge in [-0.05, 0) is 44.4 Å². The number of H-pyrrole nitrogens is 1. The predicted molar refractivity (Wildman–Crippen MR) is 131 cm³/mol. The van der Waals surface area contributed by atoms with Crippen molar-refractivity contribution in [2.75, 3.05) is 32.7 Å². The molecule has 6 heteroatoms. The predicted octanol–water partition coefficient (Wildman–Crippen LogP) is 4.27. The first-order valence-corrected chi connectivity index (χ1v) is 12.3. The number of carbonyl (C=O) groups is 2. The van der Waals surface area contributed by atoms with Crippen LogP contribution in [0.5, 0.6) is 0 Å². The van der Waals surface area contributed by atoms with Crippen LogP contribution in [0.1, 0.15) is 59.0 Å². The smallest absolute Gasteiger partial charge is 0.227 e. The molecule has 0 bridgehead atoms. The summed E-state index contributed by atoms with van der Waals surface area (Å²) in [6.45, 7) is 7.49. The second-order valence-electron chi connectivity index (χ2n) is 9.71. The Labute approximate surface area is 195 Å². The Hall–Kier alpha value is -2.86. The van der Waals surface area contributed by atoms with Crippen LogP contribution in [-0.4, -0.2) is 63.8 Å². The molecule has 0 atom stereocenters. The molecule has 2 fully saturated rings. The van der Waals surface area contributed by atoms with Crippen molar-refractivity contribution in [3.63, 3.8) is 0 Å². The highest BCUT2D eigenvalue weighted by Gasteiger charge is 2.26. The van der Waals surface area contributed by atoms with E-state index in [1.165, 1.54) is 31.4 Å². The minimum Gasteiger partial charge on any atom is -0.361 e. The van der Waals surface area contributed by atoms with E-state index in [9.17, 15) is 9.59 Å². The second-order valence-corrected chi connectivity index (χ2v) is 9.71. The molecular formula is C27H34N4O2. The van der Waals surface area contributed by atoms with Crippen LogP contribution >= 0.6 is 0 Å². The highest BCUT2D eigenvalue weighted by molar-refractivity contribution is 5.99. The molecule has 3 heterocycles. The van der Waals surface area contributed by atoms with Gasteiger partial charge in [0, 0.05) is 66.3 Å². The Morgan fingerprint density at radius 1 is 1.03 bits per heavy atom. The number of aryl methyl sites for hydroxylation is 1. The summed E-state index contributed by atoms with van der Waals surface area (Å²) in [7, 11) is 0. The van der Waals surface area contributed by atoms with Crippen molar-refractivity contribution in [3.8, 4) is 0 Å². The van der Waals surface area contributed by atoms with Crippen LogP contribution < -0.4 is 0 Å². The molecule has 0 spiro atoms. The standard InChI is InChI=1S/C27H34N4O2/c1-19-15-24(20(2)31(19)22-7-3-4-8-22)26(32)18-29-11-13-30(14-12-29)27(33)16-21-17-28-25-10-6-5-9-23(21)25/h5-6,9-10,15,17,22,28H,3-4,7-8,11-14,16,18H2,1-2H3. The van der Waals surface area contributed by atoms with Gasteiger partial charge in [-0.15, -0.1) is 0 Å². The molecule has 2 aromatic heterocycles. The minimum atomic E-state index is 0.158. The van der Waals surface area contributed by atoms with Crippen LogP contribution in [0.15, 0.2) is 36.5 Å². The van der Waals surface area contributed by atoms with E-state index in [0.29, 0.717) is 32.1 Å². The maximum absolute atomic E-state index is 13.1. The molecule has 0 unspecified atom stereocenters. The maximum atomic E-state index is 13.1. The van der Waals surface area contributed by atoms with Crippen LogP contribution in [0.4, 0.5) is 0 Å². The lowest BCUT2D eigenvalue weighted by molar-refractivity contribution is -0.132. The molecule has 1 amide bonds. The van der Waals surface area contributed by atoms with Crippen LogP contribution in [0.25, 0.3) is 10.9 Å². The normalized spacial score (nSPS) is 17.8. The number of nitrogens with zero attached hydrogens (tertiary/aromatic N) is 3. The molecule has 3 aromatic rings. The summed E-state index contributed by atoms with van der Waals surface area (Å²) in [4.78, 5) is 33.4. The number of carbonyl (C=O) groups excluding carboxylic acids is 2. The largest absolute Gasteiger partial charge is 0.361 e. The molecule has 1 N–H and O–H groups in total. The number of benzene rings is 1. The number of rotatable bonds is 6. The molecule has 1 aliphatic carbocycles. The van der Waals surface area contributed by atoms with E-state index in [-0.39, 0.29) is 11.7 Å². The van der Waals surface area contributed by atoms with Crippen molar-refractivity contribution in [1.29, 1.82) is 0 Å². The Morgan fingerprint density at radius 2 is 1.76 bits per heavy atom. The topological polar surface area (TPSA) is 61.3 Å². The minimum absolute atomic E-state index is 0.158. The first kappa shape index (κ1) is 22.0. The molecule has 1 aromatic carbocycles. The van der Waals surface area contributed by atoms with Crippen LogP contribution in [0.2, 0.25) is 0 Å². The first-order valence-electron chi connectivity index (χ1n) is 12.3. The van der Waals surface area contributed by atoms with Gasteiger partial charge in [-0.1, -0.05) is 31.0 Å². The van der Waals surface area contributed by atoms with Gasteiger partial charge in [0.1, 0.15) is 0 Å². The third-order valence-electron chi connectivity index (χ3n) is 7.58. The van der Waals surface area contributed by atoms with Gasteiger partial charge in [0.05, 0.1) is 13.0 Å². The zero-order chi connectivity index (χ0) is 22.9. The lowest BCUT2D eigenvalue weighted by Crippen LogP contribution is -2.50. The highest BCUT2D eigenvalue weighted by Crippen LogP contribution is 2.33. The van der Waals surface area contributed by atoms with E-state index in [4.69, 9.17) is 0 Å². The van der Waals surface area contributed by atoms with Crippen molar-refractivity contribution in [2.45, 2.75) is 52.0 Å². The molecule has 6 nitrogen and oxygen atoms in total. The fourth-order valence-corrected chi connectivity index (χ4v) is 5.78. The number of nitrogens with one attached hydrogen (secondary N) is 1. The molecule has 1 aliphatic heterocycles. The van der Waals surface area contributed by atoms with E-state index in [1.807, 2.05) is 29.3 Å². The van der Waals surface area contributed by atoms with Gasteiger partial charge in [0.15, 0.2) is 5.78 Å². The number of amides is 1. The average molecular weight is 447 g/mol. The molecular weight excluding hydrogens is 412 g/mol. The van der Waals surface area contributed by atoms with E-state index < -0.39 is 0 Å².